The molecule has 0 aromatic heterocycles. The van der Waals surface area contributed by atoms with E-state index in [4.69, 9.17) is 0 Å². The SMILES string of the molecule is CC(C)C(=O)CCCCNC(=O)C(C)S. The minimum absolute atomic E-state index is 0.0477. The average molecular weight is 231 g/mol. The molecule has 0 aromatic rings. The summed E-state index contributed by atoms with van der Waals surface area (Å²) < 4.78 is 0. The van der Waals surface area contributed by atoms with Crippen LogP contribution in [-0.4, -0.2) is 23.5 Å². The second-order valence-corrected chi connectivity index (χ2v) is 4.82. The highest BCUT2D eigenvalue weighted by Gasteiger charge is 2.08. The van der Waals surface area contributed by atoms with Gasteiger partial charge in [0.2, 0.25) is 5.91 Å². The van der Waals surface area contributed by atoms with Gasteiger partial charge in [-0.1, -0.05) is 13.8 Å². The number of carbonyl (C=O) groups is 2. The van der Waals surface area contributed by atoms with Crippen LogP contribution in [0.25, 0.3) is 0 Å². The predicted molar refractivity (Wildman–Crippen MR) is 65.2 cm³/mol. The zero-order chi connectivity index (χ0) is 11.8. The van der Waals surface area contributed by atoms with E-state index in [1.54, 1.807) is 6.92 Å². The van der Waals surface area contributed by atoms with E-state index < -0.39 is 0 Å². The van der Waals surface area contributed by atoms with Crippen molar-refractivity contribution in [3.05, 3.63) is 0 Å². The first-order valence-electron chi connectivity index (χ1n) is 5.43. The highest BCUT2D eigenvalue weighted by molar-refractivity contribution is 7.81. The lowest BCUT2D eigenvalue weighted by atomic mass is 10.0. The number of carbonyl (C=O) groups excluding carboxylic acids is 2. The van der Waals surface area contributed by atoms with Crippen LogP contribution in [0, 0.1) is 5.92 Å². The van der Waals surface area contributed by atoms with Gasteiger partial charge in [0, 0.05) is 18.9 Å². The van der Waals surface area contributed by atoms with Gasteiger partial charge in [0.05, 0.1) is 5.25 Å². The van der Waals surface area contributed by atoms with Gasteiger partial charge in [-0.2, -0.15) is 12.6 Å². The van der Waals surface area contributed by atoms with Crippen LogP contribution in [0.2, 0.25) is 0 Å². The van der Waals surface area contributed by atoms with Crippen molar-refractivity contribution in [2.24, 2.45) is 5.92 Å². The first kappa shape index (κ1) is 14.5. The van der Waals surface area contributed by atoms with Crippen LogP contribution in [0.15, 0.2) is 0 Å². The van der Waals surface area contributed by atoms with E-state index >= 15 is 0 Å². The Morgan fingerprint density at radius 1 is 1.20 bits per heavy atom. The molecular weight excluding hydrogens is 210 g/mol. The smallest absolute Gasteiger partial charge is 0.232 e. The third-order valence-corrected chi connectivity index (χ3v) is 2.41. The first-order chi connectivity index (χ1) is 6.95. The molecule has 88 valence electrons. The molecule has 0 spiro atoms. The molecule has 0 aliphatic heterocycles. The number of thiol groups is 1. The summed E-state index contributed by atoms with van der Waals surface area (Å²) in [5, 5.41) is 2.50. The molecule has 0 saturated carbocycles. The van der Waals surface area contributed by atoms with Gasteiger partial charge in [0.1, 0.15) is 5.78 Å². The maximum atomic E-state index is 11.2. The fourth-order valence-corrected chi connectivity index (χ4v) is 1.16. The monoisotopic (exact) mass is 231 g/mol. The van der Waals surface area contributed by atoms with Gasteiger partial charge in [0.15, 0.2) is 0 Å². The van der Waals surface area contributed by atoms with Crippen LogP contribution in [0.4, 0.5) is 0 Å². The second-order valence-electron chi connectivity index (χ2n) is 4.05. The lowest BCUT2D eigenvalue weighted by molar-refractivity contribution is -0.122. The zero-order valence-corrected chi connectivity index (χ0v) is 10.6. The molecule has 3 nitrogen and oxygen atoms in total. The van der Waals surface area contributed by atoms with E-state index in [-0.39, 0.29) is 17.1 Å². The molecule has 1 unspecified atom stereocenters. The van der Waals surface area contributed by atoms with Crippen molar-refractivity contribution in [3.63, 3.8) is 0 Å². The predicted octanol–water partition coefficient (Wildman–Crippen LogP) is 1.82. The van der Waals surface area contributed by atoms with E-state index in [2.05, 4.69) is 17.9 Å². The third-order valence-electron chi connectivity index (χ3n) is 2.17. The summed E-state index contributed by atoms with van der Waals surface area (Å²) in [6.07, 6.45) is 2.31. The Kier molecular flexibility index (Phi) is 7.48. The minimum atomic E-state index is -0.262. The number of unbranched alkanes of at least 4 members (excludes halogenated alkanes) is 1. The van der Waals surface area contributed by atoms with Crippen molar-refractivity contribution in [2.75, 3.05) is 6.54 Å². The number of Topliss-reactive ketones (excluding diaryl/α,β-unsaturated/α-hetero) is 1. The summed E-state index contributed by atoms with van der Waals surface area (Å²) >= 11 is 4.01. The normalized spacial score (nSPS) is 12.6. The summed E-state index contributed by atoms with van der Waals surface area (Å²) in [5.74, 6) is 0.370. The topological polar surface area (TPSA) is 46.2 Å². The molecule has 0 saturated heterocycles. The van der Waals surface area contributed by atoms with Crippen molar-refractivity contribution in [1.82, 2.24) is 5.32 Å². The molecule has 15 heavy (non-hydrogen) atoms. The second kappa shape index (κ2) is 7.74. The standard InChI is InChI=1S/C11H21NO2S/c1-8(2)10(13)6-4-5-7-12-11(14)9(3)15/h8-9,15H,4-7H2,1-3H3,(H,12,14). The number of hydrogen-bond acceptors (Lipinski definition) is 3. The summed E-state index contributed by atoms with van der Waals surface area (Å²) in [4.78, 5) is 22.3. The maximum Gasteiger partial charge on any atom is 0.232 e. The van der Waals surface area contributed by atoms with Crippen LogP contribution in [0.5, 0.6) is 0 Å². The molecule has 4 heteroatoms. The minimum Gasteiger partial charge on any atom is -0.355 e. The fraction of sp³-hybridized carbons (Fsp3) is 0.818. The molecule has 1 amide bonds. The Labute approximate surface area is 97.4 Å². The molecule has 1 N–H and O–H groups in total. The summed E-state index contributed by atoms with van der Waals surface area (Å²) in [5.41, 5.74) is 0. The van der Waals surface area contributed by atoms with Gasteiger partial charge >= 0.3 is 0 Å². The van der Waals surface area contributed by atoms with Gasteiger partial charge in [-0.25, -0.2) is 0 Å². The van der Waals surface area contributed by atoms with E-state index in [0.717, 1.165) is 12.8 Å². The van der Waals surface area contributed by atoms with Crippen LogP contribution < -0.4 is 5.32 Å². The number of ketones is 1. The Hall–Kier alpha value is -0.510. The third kappa shape index (κ3) is 7.42. The Bertz CT molecular complexity index is 193. The van der Waals surface area contributed by atoms with Crippen LogP contribution in [-0.2, 0) is 9.59 Å². The van der Waals surface area contributed by atoms with E-state index in [1.807, 2.05) is 13.8 Å². The molecule has 0 radical (unpaired) electrons. The molecule has 0 aliphatic rings. The van der Waals surface area contributed by atoms with Gasteiger partial charge in [-0.05, 0) is 19.8 Å². The van der Waals surface area contributed by atoms with Gasteiger partial charge in [-0.15, -0.1) is 0 Å². The summed E-state index contributed by atoms with van der Waals surface area (Å²) in [6, 6.07) is 0. The van der Waals surface area contributed by atoms with E-state index in [0.29, 0.717) is 18.7 Å². The first-order valence-corrected chi connectivity index (χ1v) is 5.95. The molecule has 1 atom stereocenters. The van der Waals surface area contributed by atoms with Gasteiger partial charge < -0.3 is 5.32 Å². The van der Waals surface area contributed by atoms with Crippen LogP contribution in [0.1, 0.15) is 40.0 Å². The quantitative estimate of drug-likeness (QED) is 0.518. The van der Waals surface area contributed by atoms with Crippen molar-refractivity contribution in [1.29, 1.82) is 0 Å². The van der Waals surface area contributed by atoms with Gasteiger partial charge in [-0.3, -0.25) is 9.59 Å². The summed E-state index contributed by atoms with van der Waals surface area (Å²) in [7, 11) is 0. The fourth-order valence-electron chi connectivity index (χ4n) is 1.07. The lowest BCUT2D eigenvalue weighted by Crippen LogP contribution is -2.30. The van der Waals surface area contributed by atoms with E-state index in [1.165, 1.54) is 0 Å². The lowest BCUT2D eigenvalue weighted by Gasteiger charge is -2.07. The molecule has 0 fully saturated rings. The maximum absolute atomic E-state index is 11.2. The average Bonchev–Trinajstić information content (AvgIpc) is 2.16. The molecule has 0 rings (SSSR count). The number of hydrogen-bond donors (Lipinski definition) is 2. The Balaban J connectivity index is 3.40. The van der Waals surface area contributed by atoms with Crippen molar-refractivity contribution >= 4 is 24.3 Å². The molecule has 0 aliphatic carbocycles. The number of rotatable bonds is 7. The highest BCUT2D eigenvalue weighted by atomic mass is 32.1. The van der Waals surface area contributed by atoms with Crippen molar-refractivity contribution in [3.8, 4) is 0 Å². The van der Waals surface area contributed by atoms with Crippen LogP contribution >= 0.6 is 12.6 Å². The van der Waals surface area contributed by atoms with Crippen molar-refractivity contribution < 1.29 is 9.59 Å². The number of nitrogens with one attached hydrogen (secondary N) is 1. The van der Waals surface area contributed by atoms with Crippen LogP contribution in [0.3, 0.4) is 0 Å². The van der Waals surface area contributed by atoms with E-state index in [9.17, 15) is 9.59 Å². The Morgan fingerprint density at radius 3 is 2.27 bits per heavy atom. The summed E-state index contributed by atoms with van der Waals surface area (Å²) in [6.45, 7) is 6.19. The van der Waals surface area contributed by atoms with Gasteiger partial charge in [0.25, 0.3) is 0 Å². The molecule has 0 bridgehead atoms. The Morgan fingerprint density at radius 2 is 1.80 bits per heavy atom. The van der Waals surface area contributed by atoms with Crippen molar-refractivity contribution in [2.45, 2.75) is 45.3 Å². The molecular formula is C11H21NO2S. The number of amides is 1. The molecule has 0 aromatic carbocycles. The largest absolute Gasteiger partial charge is 0.355 e. The highest BCUT2D eigenvalue weighted by Crippen LogP contribution is 2.03. The molecule has 0 heterocycles. The zero-order valence-electron chi connectivity index (χ0n) is 9.75.